The van der Waals surface area contributed by atoms with Gasteiger partial charge >= 0.3 is 0 Å². The first-order valence-corrected chi connectivity index (χ1v) is 8.59. The predicted octanol–water partition coefficient (Wildman–Crippen LogP) is 3.84. The first-order chi connectivity index (χ1) is 12.2. The van der Waals surface area contributed by atoms with Gasteiger partial charge in [0.1, 0.15) is 18.8 Å². The van der Waals surface area contributed by atoms with Gasteiger partial charge in [0.05, 0.1) is 12.1 Å². The van der Waals surface area contributed by atoms with Gasteiger partial charge in [-0.25, -0.2) is 4.98 Å². The van der Waals surface area contributed by atoms with E-state index in [4.69, 9.17) is 16.4 Å². The number of nitrogens with zero attached hydrogens (tertiary/aromatic N) is 4. The molecular formula is C19H19ClN4O. The molecule has 25 heavy (non-hydrogen) atoms. The summed E-state index contributed by atoms with van der Waals surface area (Å²) in [4.78, 5) is 10.3. The fraction of sp³-hybridized carbons (Fsp3) is 0.263. The molecule has 1 aliphatic heterocycles. The number of aromatic nitrogens is 3. The summed E-state index contributed by atoms with van der Waals surface area (Å²) in [6.07, 6.45) is 4.10. The summed E-state index contributed by atoms with van der Waals surface area (Å²) in [5.41, 5.74) is 1.97. The van der Waals surface area contributed by atoms with Crippen molar-refractivity contribution in [2.24, 2.45) is 0 Å². The average Bonchev–Trinajstić information content (AvgIpc) is 3.25. The van der Waals surface area contributed by atoms with Crippen LogP contribution in [-0.2, 0) is 16.9 Å². The van der Waals surface area contributed by atoms with Crippen molar-refractivity contribution in [1.29, 1.82) is 0 Å². The van der Waals surface area contributed by atoms with Crippen molar-refractivity contribution in [3.8, 4) is 0 Å². The van der Waals surface area contributed by atoms with Crippen LogP contribution >= 0.6 is 11.6 Å². The van der Waals surface area contributed by atoms with Gasteiger partial charge < -0.3 is 0 Å². The smallest absolute Gasteiger partial charge is 0.137 e. The van der Waals surface area contributed by atoms with Crippen molar-refractivity contribution < 1.29 is 4.84 Å². The Morgan fingerprint density at radius 2 is 1.92 bits per heavy atom. The third-order valence-corrected chi connectivity index (χ3v) is 5.11. The Hall–Kier alpha value is -2.21. The summed E-state index contributed by atoms with van der Waals surface area (Å²) in [7, 11) is 1.98. The highest BCUT2D eigenvalue weighted by atomic mass is 35.5. The molecule has 0 N–H and O–H groups in total. The zero-order valence-corrected chi connectivity index (χ0v) is 14.7. The maximum Gasteiger partial charge on any atom is 0.137 e. The lowest BCUT2D eigenvalue weighted by molar-refractivity contribution is -0.176. The Morgan fingerprint density at radius 3 is 2.60 bits per heavy atom. The lowest BCUT2D eigenvalue weighted by Gasteiger charge is -2.34. The molecule has 6 heteroatoms. The fourth-order valence-electron chi connectivity index (χ4n) is 3.51. The van der Waals surface area contributed by atoms with Gasteiger partial charge in [-0.15, -0.1) is 0 Å². The van der Waals surface area contributed by atoms with Gasteiger partial charge in [-0.1, -0.05) is 54.1 Å². The zero-order chi connectivity index (χ0) is 17.3. The van der Waals surface area contributed by atoms with E-state index in [0.29, 0.717) is 6.54 Å². The number of hydroxylamine groups is 2. The van der Waals surface area contributed by atoms with E-state index in [-0.39, 0.29) is 11.6 Å². The minimum atomic E-state index is -0.348. The maximum atomic E-state index is 6.24. The topological polar surface area (TPSA) is 43.2 Å². The van der Waals surface area contributed by atoms with Gasteiger partial charge in [0.2, 0.25) is 0 Å². The van der Waals surface area contributed by atoms with Crippen LogP contribution in [0, 0.1) is 0 Å². The van der Waals surface area contributed by atoms with Crippen LogP contribution in [0.3, 0.4) is 0 Å². The molecular weight excluding hydrogens is 336 g/mol. The largest absolute Gasteiger partial charge is 0.290 e. The molecule has 4 rings (SSSR count). The minimum Gasteiger partial charge on any atom is -0.290 e. The van der Waals surface area contributed by atoms with Gasteiger partial charge in [-0.2, -0.15) is 10.2 Å². The van der Waals surface area contributed by atoms with Gasteiger partial charge in [0.15, 0.2) is 0 Å². The Labute approximate surface area is 151 Å². The van der Waals surface area contributed by atoms with Crippen molar-refractivity contribution in [1.82, 2.24) is 19.8 Å². The molecule has 128 valence electrons. The zero-order valence-electron chi connectivity index (χ0n) is 13.9. The van der Waals surface area contributed by atoms with E-state index in [0.717, 1.165) is 17.0 Å². The van der Waals surface area contributed by atoms with Crippen LogP contribution in [-0.4, -0.2) is 26.9 Å². The Balaban J connectivity index is 1.74. The summed E-state index contributed by atoms with van der Waals surface area (Å²) in [6.45, 7) is 0.647. The molecule has 0 spiro atoms. The summed E-state index contributed by atoms with van der Waals surface area (Å²) in [5.74, 6) is 0. The Bertz CT molecular complexity index is 822. The number of rotatable bonds is 4. The molecule has 0 aliphatic carbocycles. The summed E-state index contributed by atoms with van der Waals surface area (Å²) in [6, 6.07) is 18.3. The van der Waals surface area contributed by atoms with Crippen LogP contribution < -0.4 is 0 Å². The lowest BCUT2D eigenvalue weighted by Crippen LogP contribution is -2.41. The van der Waals surface area contributed by atoms with Crippen molar-refractivity contribution >= 4 is 11.6 Å². The molecule has 1 aromatic heterocycles. The first kappa shape index (κ1) is 16.3. The molecule has 2 unspecified atom stereocenters. The number of hydrogen-bond donors (Lipinski definition) is 0. The normalized spacial score (nSPS) is 23.8. The molecule has 3 aromatic rings. The fourth-order valence-corrected chi connectivity index (χ4v) is 3.63. The predicted molar refractivity (Wildman–Crippen MR) is 95.8 cm³/mol. The van der Waals surface area contributed by atoms with Crippen molar-refractivity contribution in [3.63, 3.8) is 0 Å². The van der Waals surface area contributed by atoms with Crippen LogP contribution in [0.25, 0.3) is 0 Å². The highest BCUT2D eigenvalue weighted by Crippen LogP contribution is 2.46. The van der Waals surface area contributed by atoms with Crippen LogP contribution in [0.2, 0.25) is 5.02 Å². The number of hydrogen-bond acceptors (Lipinski definition) is 4. The van der Waals surface area contributed by atoms with Crippen molar-refractivity contribution in [3.05, 3.63) is 83.4 Å². The summed E-state index contributed by atoms with van der Waals surface area (Å²) >= 11 is 6.10. The van der Waals surface area contributed by atoms with Gasteiger partial charge in [-0.3, -0.25) is 9.52 Å². The molecule has 0 bridgehead atoms. The highest BCUT2D eigenvalue weighted by Gasteiger charge is 2.47. The van der Waals surface area contributed by atoms with Crippen LogP contribution in [0.4, 0.5) is 0 Å². The van der Waals surface area contributed by atoms with E-state index in [1.54, 1.807) is 12.7 Å². The third-order valence-electron chi connectivity index (χ3n) is 4.85. The Morgan fingerprint density at radius 1 is 1.16 bits per heavy atom. The number of likely N-dealkylation sites (N-methyl/N-ethyl adjacent to an activating group) is 1. The van der Waals surface area contributed by atoms with Crippen LogP contribution in [0.1, 0.15) is 23.7 Å². The third kappa shape index (κ3) is 3.06. The van der Waals surface area contributed by atoms with Crippen molar-refractivity contribution in [2.45, 2.75) is 24.6 Å². The quantitative estimate of drug-likeness (QED) is 0.714. The van der Waals surface area contributed by atoms with E-state index in [2.05, 4.69) is 34.3 Å². The second-order valence-electron chi connectivity index (χ2n) is 6.34. The van der Waals surface area contributed by atoms with Gasteiger partial charge in [0.25, 0.3) is 0 Å². The van der Waals surface area contributed by atoms with Gasteiger partial charge in [0, 0.05) is 18.5 Å². The number of benzene rings is 2. The van der Waals surface area contributed by atoms with E-state index >= 15 is 0 Å². The first-order valence-electron chi connectivity index (χ1n) is 8.21. The average molecular weight is 355 g/mol. The summed E-state index contributed by atoms with van der Waals surface area (Å²) < 4.78 is 1.85. The monoisotopic (exact) mass is 354 g/mol. The molecule has 0 saturated carbocycles. The minimum absolute atomic E-state index is 0.00889. The van der Waals surface area contributed by atoms with E-state index in [9.17, 15) is 0 Å². The molecule has 1 fully saturated rings. The maximum absolute atomic E-state index is 6.24. The standard InChI is InChI=1S/C19H19ClN4O/c1-23-19(12-24-14-21-13-22-24,16-7-9-17(20)10-8-16)11-18(25-23)15-5-3-2-4-6-15/h2-10,13-14,18H,11-12H2,1H3. The van der Waals surface area contributed by atoms with Crippen LogP contribution in [0.15, 0.2) is 67.3 Å². The van der Waals surface area contributed by atoms with E-state index in [1.807, 2.05) is 47.1 Å². The lowest BCUT2D eigenvalue weighted by atomic mass is 9.84. The molecule has 1 saturated heterocycles. The highest BCUT2D eigenvalue weighted by molar-refractivity contribution is 6.30. The number of halogens is 1. The molecule has 2 aromatic carbocycles. The molecule has 2 atom stereocenters. The second kappa shape index (κ2) is 6.59. The van der Waals surface area contributed by atoms with Gasteiger partial charge in [-0.05, 0) is 23.3 Å². The van der Waals surface area contributed by atoms with E-state index < -0.39 is 0 Å². The summed E-state index contributed by atoms with van der Waals surface area (Å²) in [5, 5.41) is 6.97. The molecule has 0 radical (unpaired) electrons. The molecule has 5 nitrogen and oxygen atoms in total. The molecule has 2 heterocycles. The van der Waals surface area contributed by atoms with E-state index in [1.165, 1.54) is 5.56 Å². The molecule has 1 aliphatic rings. The Kier molecular flexibility index (Phi) is 4.29. The van der Waals surface area contributed by atoms with Crippen LogP contribution in [0.5, 0.6) is 0 Å². The molecule has 0 amide bonds. The SMILES string of the molecule is CN1OC(c2ccccc2)CC1(Cn1cncn1)c1ccc(Cl)cc1. The van der Waals surface area contributed by atoms with Crippen molar-refractivity contribution in [2.75, 3.05) is 7.05 Å². The second-order valence-corrected chi connectivity index (χ2v) is 6.77.